The van der Waals surface area contributed by atoms with E-state index in [1.54, 1.807) is 53.7 Å². The van der Waals surface area contributed by atoms with Gasteiger partial charge in [0.05, 0.1) is 6.61 Å². The molecule has 0 spiro atoms. The number of aliphatic hydroxyl groups excluding tert-OH is 1. The van der Waals surface area contributed by atoms with E-state index in [1.165, 1.54) is 17.0 Å². The number of phenols is 1. The summed E-state index contributed by atoms with van der Waals surface area (Å²) in [4.78, 5) is 55.5. The van der Waals surface area contributed by atoms with Crippen LogP contribution in [0.5, 0.6) is 5.75 Å². The second kappa shape index (κ2) is 16.8. The highest BCUT2D eigenvalue weighted by Gasteiger charge is 2.39. The number of ether oxygens (including phenoxy) is 2. The zero-order chi connectivity index (χ0) is 33.8. The number of para-hydroxylation sites is 1. The van der Waals surface area contributed by atoms with E-state index in [0.29, 0.717) is 6.42 Å². The number of rotatable bonds is 14. The van der Waals surface area contributed by atoms with Crippen molar-refractivity contribution < 1.29 is 38.9 Å². The van der Waals surface area contributed by atoms with Gasteiger partial charge in [0.25, 0.3) is 0 Å². The molecule has 248 valence electrons. The third-order valence-electron chi connectivity index (χ3n) is 6.54. The van der Waals surface area contributed by atoms with E-state index in [9.17, 15) is 29.4 Å². The lowest BCUT2D eigenvalue weighted by Crippen LogP contribution is -2.56. The number of nitrogens with zero attached hydrogens (tertiary/aromatic N) is 1. The Hall–Kier alpha value is -4.12. The summed E-state index contributed by atoms with van der Waals surface area (Å²) in [6.45, 7) is 11.4. The molecule has 2 aromatic rings. The van der Waals surface area contributed by atoms with Crippen molar-refractivity contribution in [2.45, 2.75) is 103 Å². The Kier molecular flexibility index (Phi) is 13.8. The molecular weight excluding hydrogens is 578 g/mol. The van der Waals surface area contributed by atoms with Crippen molar-refractivity contribution in [2.24, 2.45) is 0 Å². The Bertz CT molecular complexity index is 1270. The Labute approximate surface area is 266 Å². The van der Waals surface area contributed by atoms with Gasteiger partial charge in [-0.05, 0) is 59.6 Å². The van der Waals surface area contributed by atoms with Crippen LogP contribution in [0.15, 0.2) is 54.6 Å². The molecule has 0 aliphatic heterocycles. The maximum Gasteiger partial charge on any atom is 0.408 e. The number of nitrogens with one attached hydrogen (secondary N) is 2. The van der Waals surface area contributed by atoms with Crippen molar-refractivity contribution in [3.05, 3.63) is 65.7 Å². The SMILES string of the molecule is CCCCCN(C(=O)C(CO)NC(=O)OC(C)(C)C)C(C(=O)NC(Cc1ccccc1)C(=O)OC(C)(C)C)c1ccccc1O. The number of hydrogen-bond acceptors (Lipinski definition) is 8. The van der Waals surface area contributed by atoms with Crippen LogP contribution in [0.2, 0.25) is 0 Å². The maximum absolute atomic E-state index is 14.3. The van der Waals surface area contributed by atoms with Gasteiger partial charge in [-0.1, -0.05) is 68.3 Å². The number of unbranched alkanes of at least 4 members (excludes halogenated alkanes) is 2. The molecule has 0 aliphatic carbocycles. The summed E-state index contributed by atoms with van der Waals surface area (Å²) in [6, 6.07) is 11.2. The number of hydrogen-bond donors (Lipinski definition) is 4. The van der Waals surface area contributed by atoms with Crippen molar-refractivity contribution in [1.82, 2.24) is 15.5 Å². The number of carbonyl (C=O) groups excluding carboxylic acids is 4. The minimum Gasteiger partial charge on any atom is -0.508 e. The summed E-state index contributed by atoms with van der Waals surface area (Å²) in [5.74, 6) is -2.43. The quantitative estimate of drug-likeness (QED) is 0.177. The van der Waals surface area contributed by atoms with Crippen molar-refractivity contribution in [3.8, 4) is 5.75 Å². The van der Waals surface area contributed by atoms with Crippen LogP contribution in [0.3, 0.4) is 0 Å². The summed E-state index contributed by atoms with van der Waals surface area (Å²) in [7, 11) is 0. The van der Waals surface area contributed by atoms with Crippen molar-refractivity contribution >= 4 is 23.9 Å². The molecule has 2 rings (SSSR count). The summed E-state index contributed by atoms with van der Waals surface area (Å²) < 4.78 is 10.9. The lowest BCUT2D eigenvalue weighted by Gasteiger charge is -2.35. The molecule has 11 heteroatoms. The largest absolute Gasteiger partial charge is 0.508 e. The molecule has 3 amide bonds. The molecule has 3 unspecified atom stereocenters. The summed E-state index contributed by atoms with van der Waals surface area (Å²) >= 11 is 0. The van der Waals surface area contributed by atoms with Gasteiger partial charge in [-0.3, -0.25) is 9.59 Å². The third kappa shape index (κ3) is 12.4. The first-order valence-electron chi connectivity index (χ1n) is 15.3. The van der Waals surface area contributed by atoms with Crippen LogP contribution in [-0.2, 0) is 30.3 Å². The molecule has 0 heterocycles. The number of aliphatic hydroxyl groups is 1. The molecule has 0 fully saturated rings. The maximum atomic E-state index is 14.3. The zero-order valence-electron chi connectivity index (χ0n) is 27.5. The van der Waals surface area contributed by atoms with Crippen LogP contribution in [0, 0.1) is 0 Å². The molecule has 0 saturated heterocycles. The second-order valence-electron chi connectivity index (χ2n) is 12.9. The van der Waals surface area contributed by atoms with Gasteiger partial charge in [0.1, 0.15) is 35.1 Å². The number of esters is 1. The number of amides is 3. The molecule has 0 aliphatic rings. The number of aromatic hydroxyl groups is 1. The molecule has 4 N–H and O–H groups in total. The number of alkyl carbamates (subject to hydrolysis) is 1. The standard InChI is InChI=1S/C34H49N3O8/c1-8-9-15-20-37(30(41)26(22-38)36-32(43)45-34(5,6)7)28(24-18-13-14-19-27(24)39)29(40)35-25(31(42)44-33(2,3)4)21-23-16-11-10-12-17-23/h10-14,16-19,25-26,28,38-39H,8-9,15,20-22H2,1-7H3,(H,35,40)(H,36,43). The predicted molar refractivity (Wildman–Crippen MR) is 170 cm³/mol. The van der Waals surface area contributed by atoms with Crippen LogP contribution >= 0.6 is 0 Å². The summed E-state index contributed by atoms with van der Waals surface area (Å²) in [5.41, 5.74) is -0.818. The van der Waals surface area contributed by atoms with Gasteiger partial charge >= 0.3 is 12.1 Å². The van der Waals surface area contributed by atoms with Crippen molar-refractivity contribution in [1.29, 1.82) is 0 Å². The van der Waals surface area contributed by atoms with E-state index in [2.05, 4.69) is 10.6 Å². The molecule has 0 bridgehead atoms. The normalized spacial score (nSPS) is 13.6. The second-order valence-corrected chi connectivity index (χ2v) is 12.9. The lowest BCUT2D eigenvalue weighted by molar-refractivity contribution is -0.159. The third-order valence-corrected chi connectivity index (χ3v) is 6.54. The highest BCUT2D eigenvalue weighted by Crippen LogP contribution is 2.30. The summed E-state index contributed by atoms with van der Waals surface area (Å²) in [6.07, 6.45) is 1.21. The lowest BCUT2D eigenvalue weighted by atomic mass is 9.99. The molecule has 0 radical (unpaired) electrons. The van der Waals surface area contributed by atoms with Crippen LogP contribution < -0.4 is 10.6 Å². The van der Waals surface area contributed by atoms with Gasteiger partial charge in [0, 0.05) is 18.5 Å². The Morgan fingerprint density at radius 2 is 1.42 bits per heavy atom. The van der Waals surface area contributed by atoms with E-state index in [-0.39, 0.29) is 24.3 Å². The molecule has 3 atom stereocenters. The van der Waals surface area contributed by atoms with Gasteiger partial charge in [0.15, 0.2) is 0 Å². The Morgan fingerprint density at radius 3 is 1.98 bits per heavy atom. The Balaban J connectivity index is 2.57. The van der Waals surface area contributed by atoms with Gasteiger partial charge in [-0.25, -0.2) is 9.59 Å². The molecule has 0 saturated carbocycles. The molecular formula is C34H49N3O8. The van der Waals surface area contributed by atoms with Crippen molar-refractivity contribution in [3.63, 3.8) is 0 Å². The highest BCUT2D eigenvalue weighted by atomic mass is 16.6. The number of phenolic OH excluding ortho intramolecular Hbond substituents is 1. The molecule has 2 aromatic carbocycles. The smallest absolute Gasteiger partial charge is 0.408 e. The average molecular weight is 628 g/mol. The number of carbonyl (C=O) groups is 4. The topological polar surface area (TPSA) is 154 Å². The molecule has 11 nitrogen and oxygen atoms in total. The van der Waals surface area contributed by atoms with E-state index in [0.717, 1.165) is 18.4 Å². The first kappa shape index (κ1) is 37.1. The van der Waals surface area contributed by atoms with Gasteiger partial charge in [0.2, 0.25) is 11.8 Å². The van der Waals surface area contributed by atoms with Crippen molar-refractivity contribution in [2.75, 3.05) is 13.2 Å². The first-order valence-corrected chi connectivity index (χ1v) is 15.3. The van der Waals surface area contributed by atoms with E-state index < -0.39 is 59.8 Å². The summed E-state index contributed by atoms with van der Waals surface area (Å²) in [5, 5.41) is 26.2. The van der Waals surface area contributed by atoms with E-state index in [4.69, 9.17) is 9.47 Å². The van der Waals surface area contributed by atoms with Gasteiger partial charge < -0.3 is 35.2 Å². The van der Waals surface area contributed by atoms with Crippen LogP contribution in [0.4, 0.5) is 4.79 Å². The van der Waals surface area contributed by atoms with Gasteiger partial charge in [-0.2, -0.15) is 0 Å². The van der Waals surface area contributed by atoms with E-state index in [1.807, 2.05) is 37.3 Å². The minimum absolute atomic E-state index is 0.0569. The first-order chi connectivity index (χ1) is 21.1. The fourth-order valence-corrected chi connectivity index (χ4v) is 4.57. The molecule has 0 aromatic heterocycles. The van der Waals surface area contributed by atoms with Crippen LogP contribution in [0.1, 0.15) is 84.9 Å². The Morgan fingerprint density at radius 1 is 0.822 bits per heavy atom. The average Bonchev–Trinajstić information content (AvgIpc) is 2.94. The van der Waals surface area contributed by atoms with Crippen LogP contribution in [0.25, 0.3) is 0 Å². The fraction of sp³-hybridized carbons (Fsp3) is 0.529. The predicted octanol–water partition coefficient (Wildman–Crippen LogP) is 4.41. The zero-order valence-corrected chi connectivity index (χ0v) is 27.5. The number of benzene rings is 2. The molecule has 45 heavy (non-hydrogen) atoms. The fourth-order valence-electron chi connectivity index (χ4n) is 4.57. The highest BCUT2D eigenvalue weighted by molar-refractivity contribution is 5.94. The van der Waals surface area contributed by atoms with E-state index >= 15 is 0 Å². The minimum atomic E-state index is -1.45. The monoisotopic (exact) mass is 627 g/mol. The van der Waals surface area contributed by atoms with Gasteiger partial charge in [-0.15, -0.1) is 0 Å². The van der Waals surface area contributed by atoms with Crippen LogP contribution in [-0.4, -0.2) is 75.4 Å².